The van der Waals surface area contributed by atoms with Crippen molar-refractivity contribution in [3.63, 3.8) is 0 Å². The topological polar surface area (TPSA) is 152 Å². The Morgan fingerprint density at radius 1 is 0.948 bits per heavy atom. The van der Waals surface area contributed by atoms with E-state index in [2.05, 4.69) is 5.32 Å². The molecule has 3 amide bonds. The highest BCUT2D eigenvalue weighted by Crippen LogP contribution is 2.47. The number of fused-ring (bicyclic) bond motifs is 2. The molecule has 0 saturated heterocycles. The number of benzene rings is 4. The molecule has 4 aromatic rings. The molecule has 0 saturated carbocycles. The first-order valence-corrected chi connectivity index (χ1v) is 20.0. The van der Waals surface area contributed by atoms with Crippen molar-refractivity contribution in [3.05, 3.63) is 125 Å². The molecule has 6 rings (SSSR count). The van der Waals surface area contributed by atoms with Crippen molar-refractivity contribution in [2.24, 2.45) is 5.92 Å². The number of hydrogen-bond donors (Lipinski definition) is 4. The number of methoxy groups -OCH3 is 1. The van der Waals surface area contributed by atoms with Gasteiger partial charge in [0.15, 0.2) is 5.60 Å². The van der Waals surface area contributed by atoms with Crippen LogP contribution in [0.4, 0.5) is 17.1 Å². The molecule has 12 heteroatoms. The molecule has 12 nitrogen and oxygen atoms in total. The number of carbonyl (C=O) groups is 3. The van der Waals surface area contributed by atoms with Gasteiger partial charge in [-0.05, 0) is 98.0 Å². The van der Waals surface area contributed by atoms with Gasteiger partial charge in [0, 0.05) is 43.3 Å². The van der Waals surface area contributed by atoms with E-state index in [1.54, 1.807) is 52.0 Å². The van der Waals surface area contributed by atoms with Crippen molar-refractivity contribution < 1.29 is 39.2 Å². The van der Waals surface area contributed by atoms with Crippen molar-refractivity contribution in [1.82, 2.24) is 10.2 Å². The first-order valence-electron chi connectivity index (χ1n) is 20.0. The van der Waals surface area contributed by atoms with Crippen LogP contribution in [0, 0.1) is 5.92 Å². The van der Waals surface area contributed by atoms with E-state index in [-0.39, 0.29) is 44.5 Å². The molecule has 4 N–H and O–H groups in total. The van der Waals surface area contributed by atoms with E-state index in [0.29, 0.717) is 55.2 Å². The molecule has 1 unspecified atom stereocenters. The number of carbonyl (C=O) groups excluding carboxylic acids is 3. The molecule has 0 aromatic heterocycles. The van der Waals surface area contributed by atoms with Gasteiger partial charge in [0.2, 0.25) is 11.8 Å². The van der Waals surface area contributed by atoms with Crippen molar-refractivity contribution >= 4 is 34.8 Å². The number of nitrogens with zero attached hydrogens (tertiary/aromatic N) is 3. The summed E-state index contributed by atoms with van der Waals surface area (Å²) in [6.07, 6.45) is 5.29. The summed E-state index contributed by atoms with van der Waals surface area (Å²) in [5, 5.41) is 34.5. The Morgan fingerprint density at radius 2 is 1.69 bits per heavy atom. The van der Waals surface area contributed by atoms with Crippen LogP contribution in [0.2, 0.25) is 0 Å². The molecule has 3 atom stereocenters. The smallest absolute Gasteiger partial charge is 0.264 e. The molecule has 58 heavy (non-hydrogen) atoms. The highest BCUT2D eigenvalue weighted by molar-refractivity contribution is 6.08. The SMILES string of the molecule is CCOc1ccc2c(c1)CC(NCCCCO)C(=O)N2c1ccc(CN2C(=O)[C@](O)([C@H](C)/C=C/CC(=O)N(CCO)Cc3ccccc3)c3cc(OC)ccc32)cc1. The zero-order chi connectivity index (χ0) is 41.2. The van der Waals surface area contributed by atoms with E-state index in [9.17, 15) is 29.7 Å². The molecule has 306 valence electrons. The quantitative estimate of drug-likeness (QED) is 0.0725. The third kappa shape index (κ3) is 9.11. The van der Waals surface area contributed by atoms with Gasteiger partial charge in [0.1, 0.15) is 11.5 Å². The van der Waals surface area contributed by atoms with Crippen LogP contribution in [0.5, 0.6) is 11.5 Å². The lowest BCUT2D eigenvalue weighted by molar-refractivity contribution is -0.139. The van der Waals surface area contributed by atoms with Gasteiger partial charge in [-0.15, -0.1) is 0 Å². The molecule has 0 radical (unpaired) electrons. The highest BCUT2D eigenvalue weighted by Gasteiger charge is 2.52. The number of aliphatic hydroxyl groups excluding tert-OH is 2. The van der Waals surface area contributed by atoms with Crippen molar-refractivity contribution in [1.29, 1.82) is 0 Å². The maximum Gasteiger partial charge on any atom is 0.264 e. The third-order valence-corrected chi connectivity index (χ3v) is 10.8. The normalized spacial score (nSPS) is 18.0. The number of ether oxygens (including phenoxy) is 2. The van der Waals surface area contributed by atoms with Crippen molar-refractivity contribution in [3.8, 4) is 11.5 Å². The largest absolute Gasteiger partial charge is 0.497 e. The highest BCUT2D eigenvalue weighted by atomic mass is 16.5. The third-order valence-electron chi connectivity index (χ3n) is 10.8. The molecular formula is C46H54N4O8. The standard InChI is InChI=1S/C46H54N4O8/c1-4-58-38-20-21-41-35(27-38)28-40(47-23-8-9-25-51)44(54)50(41)36-17-15-34(16-18-36)31-49-42-22-19-37(57-3)29-39(42)46(56,45(49)55)32(2)11-10-14-43(53)48(24-26-52)30-33-12-6-5-7-13-33/h5-7,10-13,15-22,27,29,32,40,47,51-52,56H,4,8-9,14,23-26,28,30-31H2,1-3H3/b11-10+/t32-,40?,46+/m1/s1. The van der Waals surface area contributed by atoms with E-state index in [1.807, 2.05) is 79.7 Å². The zero-order valence-electron chi connectivity index (χ0n) is 33.5. The van der Waals surface area contributed by atoms with E-state index < -0.39 is 23.5 Å². The fourth-order valence-electron chi connectivity index (χ4n) is 7.72. The lowest BCUT2D eigenvalue weighted by atomic mass is 9.83. The van der Waals surface area contributed by atoms with Gasteiger partial charge in [-0.3, -0.25) is 19.3 Å². The van der Waals surface area contributed by atoms with Gasteiger partial charge >= 0.3 is 0 Å². The Hall–Kier alpha value is -5.53. The fraction of sp³-hybridized carbons (Fsp3) is 0.370. The summed E-state index contributed by atoms with van der Waals surface area (Å²) in [5.41, 5.74) is 3.17. The Morgan fingerprint density at radius 3 is 2.40 bits per heavy atom. The Labute approximate surface area is 340 Å². The van der Waals surface area contributed by atoms with Crippen LogP contribution in [-0.2, 0) is 39.5 Å². The molecule has 0 aliphatic carbocycles. The average Bonchev–Trinajstić information content (AvgIpc) is 3.45. The first-order chi connectivity index (χ1) is 28.1. The molecule has 2 aliphatic heterocycles. The second-order valence-corrected chi connectivity index (χ2v) is 14.7. The Balaban J connectivity index is 1.21. The average molecular weight is 791 g/mol. The van der Waals surface area contributed by atoms with E-state index >= 15 is 0 Å². The lowest BCUT2D eigenvalue weighted by Gasteiger charge is -2.35. The predicted octanol–water partition coefficient (Wildman–Crippen LogP) is 5.38. The number of aliphatic hydroxyl groups is 3. The summed E-state index contributed by atoms with van der Waals surface area (Å²) >= 11 is 0. The predicted molar refractivity (Wildman–Crippen MR) is 223 cm³/mol. The number of rotatable bonds is 19. The van der Waals surface area contributed by atoms with E-state index in [4.69, 9.17) is 9.47 Å². The molecule has 0 bridgehead atoms. The minimum atomic E-state index is -1.94. The van der Waals surface area contributed by atoms with Crippen LogP contribution in [0.15, 0.2) is 103 Å². The van der Waals surface area contributed by atoms with Crippen LogP contribution in [-0.4, -0.2) is 84.0 Å². The molecule has 0 fully saturated rings. The minimum absolute atomic E-state index is 0.0284. The molecule has 0 spiro atoms. The maximum atomic E-state index is 14.4. The summed E-state index contributed by atoms with van der Waals surface area (Å²) in [5.74, 6) is -0.270. The minimum Gasteiger partial charge on any atom is -0.497 e. The van der Waals surface area contributed by atoms with Crippen LogP contribution in [0.1, 0.15) is 55.4 Å². The number of amides is 3. The summed E-state index contributed by atoms with van der Waals surface area (Å²) in [4.78, 5) is 46.4. The van der Waals surface area contributed by atoms with Crippen molar-refractivity contribution in [2.75, 3.05) is 49.8 Å². The summed E-state index contributed by atoms with van der Waals surface area (Å²) in [6.45, 7) is 5.42. The van der Waals surface area contributed by atoms with Crippen LogP contribution in [0.25, 0.3) is 0 Å². The number of hydrogen-bond acceptors (Lipinski definition) is 9. The number of unbranched alkanes of at least 4 members (excludes halogenated alkanes) is 1. The summed E-state index contributed by atoms with van der Waals surface area (Å²) < 4.78 is 11.3. The summed E-state index contributed by atoms with van der Waals surface area (Å²) in [6, 6.07) is 27.5. The first kappa shape index (κ1) is 42.1. The molecule has 4 aromatic carbocycles. The van der Waals surface area contributed by atoms with Gasteiger partial charge in [-0.1, -0.05) is 61.5 Å². The number of anilines is 3. The second-order valence-electron chi connectivity index (χ2n) is 14.7. The lowest BCUT2D eigenvalue weighted by Crippen LogP contribution is -2.49. The van der Waals surface area contributed by atoms with Crippen LogP contribution < -0.4 is 24.6 Å². The van der Waals surface area contributed by atoms with Crippen molar-refractivity contribution in [2.45, 2.75) is 64.3 Å². The van der Waals surface area contributed by atoms with Crippen LogP contribution in [0.3, 0.4) is 0 Å². The fourth-order valence-corrected chi connectivity index (χ4v) is 7.72. The zero-order valence-corrected chi connectivity index (χ0v) is 33.5. The van der Waals surface area contributed by atoms with Crippen LogP contribution >= 0.6 is 0 Å². The van der Waals surface area contributed by atoms with Gasteiger partial charge < -0.3 is 39.9 Å². The van der Waals surface area contributed by atoms with E-state index in [0.717, 1.165) is 34.5 Å². The van der Waals surface area contributed by atoms with Gasteiger partial charge in [-0.2, -0.15) is 0 Å². The molecular weight excluding hydrogens is 737 g/mol. The molecule has 2 aliphatic rings. The number of nitrogens with one attached hydrogen (secondary N) is 1. The van der Waals surface area contributed by atoms with Gasteiger partial charge in [0.05, 0.1) is 44.3 Å². The summed E-state index contributed by atoms with van der Waals surface area (Å²) in [7, 11) is 1.53. The van der Waals surface area contributed by atoms with E-state index in [1.165, 1.54) is 7.11 Å². The van der Waals surface area contributed by atoms with Gasteiger partial charge in [0.25, 0.3) is 5.91 Å². The second kappa shape index (κ2) is 19.3. The monoisotopic (exact) mass is 790 g/mol. The molecule has 2 heterocycles. The van der Waals surface area contributed by atoms with Gasteiger partial charge in [-0.25, -0.2) is 0 Å². The Bertz CT molecular complexity index is 2070. The Kier molecular flexibility index (Phi) is 14.0. The maximum absolute atomic E-state index is 14.4.